The number of fused-ring (bicyclic) bond motifs is 1. The van der Waals surface area contributed by atoms with Gasteiger partial charge < -0.3 is 20.5 Å². The standard InChI is InChI=1S/C15H13ClN2O3.K/c1-21-13-6-8(2-5-12(13)19)14-17-11-4-3-9(16)7-10(11)15(20)18-14;/h2-7,14,17,19H,1H3,(H,18,20);/q;+1/p-1. The number of rotatable bonds is 2. The number of ether oxygens (including phenoxy) is 1. The first-order valence-electron chi connectivity index (χ1n) is 6.30. The van der Waals surface area contributed by atoms with Gasteiger partial charge in [0.15, 0.2) is 0 Å². The van der Waals surface area contributed by atoms with Crippen LogP contribution >= 0.6 is 11.6 Å². The quantitative estimate of drug-likeness (QED) is 0.707. The average Bonchev–Trinajstić information content (AvgIpc) is 2.48. The van der Waals surface area contributed by atoms with Crippen molar-refractivity contribution in [2.75, 3.05) is 12.4 Å². The second-order valence-electron chi connectivity index (χ2n) is 4.65. The van der Waals surface area contributed by atoms with Gasteiger partial charge in [-0.1, -0.05) is 29.5 Å². The first-order chi connectivity index (χ1) is 10.1. The molecule has 0 aromatic heterocycles. The molecule has 0 radical (unpaired) electrons. The Morgan fingerprint density at radius 3 is 2.68 bits per heavy atom. The summed E-state index contributed by atoms with van der Waals surface area (Å²) in [7, 11) is 1.44. The third-order valence-electron chi connectivity index (χ3n) is 3.32. The molecule has 0 fully saturated rings. The van der Waals surface area contributed by atoms with E-state index in [9.17, 15) is 9.90 Å². The van der Waals surface area contributed by atoms with Gasteiger partial charge in [0.25, 0.3) is 5.91 Å². The Kier molecular flexibility index (Phi) is 5.76. The van der Waals surface area contributed by atoms with Gasteiger partial charge in [0.2, 0.25) is 0 Å². The van der Waals surface area contributed by atoms with Crippen LogP contribution < -0.4 is 71.9 Å². The zero-order valence-electron chi connectivity index (χ0n) is 12.1. The fourth-order valence-electron chi connectivity index (χ4n) is 2.26. The maximum absolute atomic E-state index is 12.1. The van der Waals surface area contributed by atoms with Crippen LogP contribution in [0, 0.1) is 0 Å². The summed E-state index contributed by atoms with van der Waals surface area (Å²) in [5.41, 5.74) is 1.92. The maximum atomic E-state index is 12.1. The van der Waals surface area contributed by atoms with Crippen molar-refractivity contribution < 1.29 is 66.0 Å². The Morgan fingerprint density at radius 1 is 1.18 bits per heavy atom. The second-order valence-corrected chi connectivity index (χ2v) is 5.09. The Bertz CT molecular complexity index is 724. The minimum absolute atomic E-state index is 0. The Morgan fingerprint density at radius 2 is 1.95 bits per heavy atom. The zero-order chi connectivity index (χ0) is 15.0. The summed E-state index contributed by atoms with van der Waals surface area (Å²) in [5, 5.41) is 18.1. The van der Waals surface area contributed by atoms with Crippen molar-refractivity contribution in [2.24, 2.45) is 0 Å². The fourth-order valence-corrected chi connectivity index (χ4v) is 2.43. The van der Waals surface area contributed by atoms with Crippen LogP contribution in [0.25, 0.3) is 0 Å². The summed E-state index contributed by atoms with van der Waals surface area (Å²) < 4.78 is 5.02. The van der Waals surface area contributed by atoms with E-state index in [1.807, 2.05) is 0 Å². The van der Waals surface area contributed by atoms with Gasteiger partial charge in [-0.15, -0.1) is 0 Å². The number of halogens is 1. The van der Waals surface area contributed by atoms with E-state index in [0.717, 1.165) is 5.56 Å². The van der Waals surface area contributed by atoms with Gasteiger partial charge in [-0.25, -0.2) is 0 Å². The zero-order valence-corrected chi connectivity index (χ0v) is 16.0. The number of methoxy groups -OCH3 is 1. The molecule has 2 N–H and O–H groups in total. The molecule has 1 aliphatic heterocycles. The van der Waals surface area contributed by atoms with Crippen molar-refractivity contribution >= 4 is 23.2 Å². The van der Waals surface area contributed by atoms with E-state index in [1.54, 1.807) is 30.3 Å². The summed E-state index contributed by atoms with van der Waals surface area (Å²) in [6.45, 7) is 0. The van der Waals surface area contributed by atoms with E-state index in [-0.39, 0.29) is 68.8 Å². The Balaban J connectivity index is 0.00000176. The van der Waals surface area contributed by atoms with Gasteiger partial charge in [0, 0.05) is 10.7 Å². The molecule has 1 amide bonds. The normalized spacial score (nSPS) is 15.9. The van der Waals surface area contributed by atoms with E-state index < -0.39 is 6.17 Å². The summed E-state index contributed by atoms with van der Waals surface area (Å²) in [4.78, 5) is 12.1. The molecule has 2 aromatic carbocycles. The average molecular weight is 343 g/mol. The van der Waals surface area contributed by atoms with E-state index in [1.165, 1.54) is 13.2 Å². The molecule has 0 spiro atoms. The Hall–Kier alpha value is -0.764. The molecule has 108 valence electrons. The van der Waals surface area contributed by atoms with Crippen molar-refractivity contribution in [1.82, 2.24) is 5.32 Å². The molecule has 0 bridgehead atoms. The molecule has 1 aliphatic rings. The molecule has 0 saturated carbocycles. The molecule has 3 rings (SSSR count). The number of carbonyl (C=O) groups is 1. The summed E-state index contributed by atoms with van der Waals surface area (Å²) >= 11 is 5.89. The van der Waals surface area contributed by atoms with Crippen LogP contribution in [0.5, 0.6) is 11.5 Å². The molecular weight excluding hydrogens is 331 g/mol. The third-order valence-corrected chi connectivity index (χ3v) is 3.56. The predicted octanol–water partition coefficient (Wildman–Crippen LogP) is -0.720. The van der Waals surface area contributed by atoms with Crippen LogP contribution in [0.15, 0.2) is 36.4 Å². The van der Waals surface area contributed by atoms with Crippen molar-refractivity contribution in [3.8, 4) is 11.5 Å². The van der Waals surface area contributed by atoms with Crippen LogP contribution in [0.1, 0.15) is 22.1 Å². The van der Waals surface area contributed by atoms with E-state index in [0.29, 0.717) is 16.3 Å². The van der Waals surface area contributed by atoms with E-state index >= 15 is 0 Å². The first kappa shape index (κ1) is 17.6. The van der Waals surface area contributed by atoms with Crippen molar-refractivity contribution in [3.05, 3.63) is 52.5 Å². The van der Waals surface area contributed by atoms with Crippen LogP contribution in [0.3, 0.4) is 0 Å². The van der Waals surface area contributed by atoms with Gasteiger partial charge in [-0.2, -0.15) is 0 Å². The molecule has 2 aromatic rings. The SMILES string of the molecule is COc1cc(C2NC(=O)c3cc(Cl)ccc3N2)ccc1[O-].[K+]. The number of benzene rings is 2. The van der Waals surface area contributed by atoms with Gasteiger partial charge >= 0.3 is 51.4 Å². The van der Waals surface area contributed by atoms with Gasteiger partial charge in [0.1, 0.15) is 11.9 Å². The second kappa shape index (κ2) is 7.21. The van der Waals surface area contributed by atoms with Crippen LogP contribution in [-0.4, -0.2) is 13.0 Å². The number of anilines is 1. The molecule has 5 nitrogen and oxygen atoms in total. The number of hydrogen-bond donors (Lipinski definition) is 2. The van der Waals surface area contributed by atoms with Gasteiger partial charge in [-0.3, -0.25) is 4.79 Å². The van der Waals surface area contributed by atoms with E-state index in [4.69, 9.17) is 16.3 Å². The summed E-state index contributed by atoms with van der Waals surface area (Å²) in [5.74, 6) is -0.178. The van der Waals surface area contributed by atoms with Crippen LogP contribution in [0.2, 0.25) is 5.02 Å². The number of carbonyl (C=O) groups excluding carboxylic acids is 1. The third kappa shape index (κ3) is 3.42. The number of nitrogens with one attached hydrogen (secondary N) is 2. The van der Waals surface area contributed by atoms with Gasteiger partial charge in [-0.05, 0) is 29.8 Å². The number of amides is 1. The summed E-state index contributed by atoms with van der Waals surface area (Å²) in [6.07, 6.45) is -0.430. The number of hydrogen-bond acceptors (Lipinski definition) is 4. The fraction of sp³-hybridized carbons (Fsp3) is 0.133. The smallest absolute Gasteiger partial charge is 0.870 e. The van der Waals surface area contributed by atoms with Gasteiger partial charge in [0.05, 0.1) is 12.7 Å². The molecule has 0 aliphatic carbocycles. The molecular formula is C15H12ClKN2O3. The molecule has 7 heteroatoms. The van der Waals surface area contributed by atoms with Crippen LogP contribution in [0.4, 0.5) is 5.69 Å². The van der Waals surface area contributed by atoms with Crippen LogP contribution in [-0.2, 0) is 0 Å². The molecule has 1 unspecified atom stereocenters. The molecule has 1 heterocycles. The maximum Gasteiger partial charge on any atom is 1.00 e. The molecule has 22 heavy (non-hydrogen) atoms. The predicted molar refractivity (Wildman–Crippen MR) is 77.7 cm³/mol. The summed E-state index contributed by atoms with van der Waals surface area (Å²) in [6, 6.07) is 9.76. The molecule has 0 saturated heterocycles. The van der Waals surface area contributed by atoms with Crippen molar-refractivity contribution in [2.45, 2.75) is 6.17 Å². The topological polar surface area (TPSA) is 73.4 Å². The minimum Gasteiger partial charge on any atom is -0.870 e. The molecule has 1 atom stereocenters. The monoisotopic (exact) mass is 342 g/mol. The largest absolute Gasteiger partial charge is 1.00 e. The van der Waals surface area contributed by atoms with E-state index in [2.05, 4.69) is 10.6 Å². The Labute approximate surface area is 175 Å². The van der Waals surface area contributed by atoms with Crippen molar-refractivity contribution in [1.29, 1.82) is 0 Å². The van der Waals surface area contributed by atoms with Crippen molar-refractivity contribution in [3.63, 3.8) is 0 Å². The first-order valence-corrected chi connectivity index (χ1v) is 6.68. The minimum atomic E-state index is -0.430.